The molecule has 0 aliphatic carbocycles. The van der Waals surface area contributed by atoms with Crippen LogP contribution in [-0.2, 0) is 4.79 Å². The number of aliphatic carboxylic acids is 1. The Morgan fingerprint density at radius 1 is 1.17 bits per heavy atom. The van der Waals surface area contributed by atoms with E-state index >= 15 is 0 Å². The Kier molecular flexibility index (Phi) is 3.72. The van der Waals surface area contributed by atoms with Crippen molar-refractivity contribution in [3.63, 3.8) is 0 Å². The summed E-state index contributed by atoms with van der Waals surface area (Å²) in [6.45, 7) is 1.93. The molecule has 0 amide bonds. The van der Waals surface area contributed by atoms with Crippen LogP contribution in [-0.4, -0.2) is 11.1 Å². The van der Waals surface area contributed by atoms with E-state index in [-0.39, 0.29) is 4.91 Å². The lowest BCUT2D eigenvalue weighted by atomic mass is 9.99. The number of carbonyl (C=O) groups is 1. The molecule has 0 aromatic heterocycles. The third-order valence-electron chi connectivity index (χ3n) is 2.94. The second kappa shape index (κ2) is 5.27. The molecular weight excluding hydrogens is 244 g/mol. The Balaban J connectivity index is 2.60. The van der Waals surface area contributed by atoms with Crippen LogP contribution < -0.4 is 0 Å². The molecule has 2 rings (SSSR count). The Morgan fingerprint density at radius 3 is 2.44 bits per heavy atom. The third-order valence-corrected chi connectivity index (χ3v) is 3.40. The summed E-state index contributed by atoms with van der Waals surface area (Å²) < 4.78 is 0. The van der Waals surface area contributed by atoms with Gasteiger partial charge in [-0.25, -0.2) is 4.79 Å². The Hall–Kier alpha value is -1.74. The Morgan fingerprint density at radius 2 is 1.83 bits per heavy atom. The van der Waals surface area contributed by atoms with Crippen molar-refractivity contribution in [3.05, 3.63) is 52.9 Å². The molecule has 0 unspecified atom stereocenters. The number of benzene rings is 2. The van der Waals surface area contributed by atoms with Crippen LogP contribution in [0.2, 0.25) is 0 Å². The number of thiol groups is 1. The van der Waals surface area contributed by atoms with Crippen molar-refractivity contribution in [2.45, 2.75) is 13.3 Å². The molecule has 2 aromatic rings. The van der Waals surface area contributed by atoms with Crippen molar-refractivity contribution < 1.29 is 9.90 Å². The van der Waals surface area contributed by atoms with Crippen molar-refractivity contribution in [1.29, 1.82) is 0 Å². The molecule has 0 spiro atoms. The Bertz CT molecular complexity index is 629. The van der Waals surface area contributed by atoms with Crippen LogP contribution in [0, 0.1) is 0 Å². The molecule has 0 heterocycles. The molecule has 0 radical (unpaired) electrons. The van der Waals surface area contributed by atoms with Gasteiger partial charge in [-0.1, -0.05) is 43.3 Å². The molecular formula is C15H14O2S. The summed E-state index contributed by atoms with van der Waals surface area (Å²) in [7, 11) is 0. The number of hydrogen-bond donors (Lipinski definition) is 2. The van der Waals surface area contributed by atoms with E-state index in [0.717, 1.165) is 21.9 Å². The normalized spacial score (nSPS) is 12.3. The minimum atomic E-state index is -0.983. The zero-order valence-electron chi connectivity index (χ0n) is 10.1. The molecule has 0 atom stereocenters. The minimum absolute atomic E-state index is 0.118. The predicted octanol–water partition coefficient (Wildman–Crippen LogP) is 3.98. The molecule has 0 bridgehead atoms. The van der Waals surface area contributed by atoms with E-state index in [4.69, 9.17) is 5.11 Å². The van der Waals surface area contributed by atoms with Crippen LogP contribution >= 0.6 is 12.6 Å². The van der Waals surface area contributed by atoms with Crippen molar-refractivity contribution in [2.75, 3.05) is 0 Å². The average Bonchev–Trinajstić information content (AvgIpc) is 2.39. The quantitative estimate of drug-likeness (QED) is 0.645. The van der Waals surface area contributed by atoms with Crippen molar-refractivity contribution >= 4 is 34.9 Å². The van der Waals surface area contributed by atoms with Gasteiger partial charge in [0.15, 0.2) is 0 Å². The minimum Gasteiger partial charge on any atom is -0.477 e. The molecule has 0 saturated carbocycles. The summed E-state index contributed by atoms with van der Waals surface area (Å²) in [6, 6.07) is 14.0. The number of hydrogen-bond acceptors (Lipinski definition) is 2. The molecule has 2 nitrogen and oxygen atoms in total. The van der Waals surface area contributed by atoms with E-state index in [0.29, 0.717) is 6.42 Å². The summed E-state index contributed by atoms with van der Waals surface area (Å²) in [5.74, 6) is -0.983. The first-order chi connectivity index (χ1) is 8.63. The van der Waals surface area contributed by atoms with Gasteiger partial charge in [0.05, 0.1) is 4.91 Å². The van der Waals surface area contributed by atoms with Crippen LogP contribution in [0.25, 0.3) is 16.3 Å². The van der Waals surface area contributed by atoms with Crippen LogP contribution in [0.3, 0.4) is 0 Å². The molecule has 3 heteroatoms. The van der Waals surface area contributed by atoms with E-state index < -0.39 is 5.97 Å². The molecule has 0 fully saturated rings. The monoisotopic (exact) mass is 258 g/mol. The molecule has 2 aromatic carbocycles. The summed E-state index contributed by atoms with van der Waals surface area (Å²) in [6.07, 6.45) is 0.642. The van der Waals surface area contributed by atoms with Gasteiger partial charge in [-0.2, -0.15) is 0 Å². The van der Waals surface area contributed by atoms with Crippen LogP contribution in [0.5, 0.6) is 0 Å². The molecule has 18 heavy (non-hydrogen) atoms. The first-order valence-electron chi connectivity index (χ1n) is 5.78. The lowest BCUT2D eigenvalue weighted by molar-refractivity contribution is -0.131. The highest BCUT2D eigenvalue weighted by Gasteiger charge is 2.11. The van der Waals surface area contributed by atoms with Gasteiger partial charge in [0.2, 0.25) is 0 Å². The highest BCUT2D eigenvalue weighted by molar-refractivity contribution is 7.85. The lowest BCUT2D eigenvalue weighted by Gasteiger charge is -2.08. The highest BCUT2D eigenvalue weighted by atomic mass is 32.1. The van der Waals surface area contributed by atoms with Crippen LogP contribution in [0.1, 0.15) is 18.9 Å². The number of rotatable bonds is 3. The maximum atomic E-state index is 11.0. The maximum Gasteiger partial charge on any atom is 0.342 e. The standard InChI is InChI=1S/C15H14O2S/c1-2-13(14(18)15(16)17)12-8-7-10-5-3-4-6-11(10)9-12/h3-9,18H,2H2,1H3,(H,16,17). The van der Waals surface area contributed by atoms with Crippen LogP contribution in [0.15, 0.2) is 47.4 Å². The van der Waals surface area contributed by atoms with Crippen molar-refractivity contribution in [2.24, 2.45) is 0 Å². The highest BCUT2D eigenvalue weighted by Crippen LogP contribution is 2.27. The zero-order valence-corrected chi connectivity index (χ0v) is 10.9. The fraction of sp³-hybridized carbons (Fsp3) is 0.133. The topological polar surface area (TPSA) is 37.3 Å². The van der Waals surface area contributed by atoms with Gasteiger partial charge in [0.25, 0.3) is 0 Å². The number of allylic oxidation sites excluding steroid dienone is 1. The molecule has 0 aliphatic heterocycles. The first kappa shape index (κ1) is 12.7. The average molecular weight is 258 g/mol. The van der Waals surface area contributed by atoms with Gasteiger partial charge < -0.3 is 5.11 Å². The molecule has 92 valence electrons. The number of fused-ring (bicyclic) bond motifs is 1. The predicted molar refractivity (Wildman–Crippen MR) is 77.8 cm³/mol. The van der Waals surface area contributed by atoms with E-state index in [1.807, 2.05) is 49.4 Å². The fourth-order valence-electron chi connectivity index (χ4n) is 2.01. The van der Waals surface area contributed by atoms with E-state index in [9.17, 15) is 4.79 Å². The smallest absolute Gasteiger partial charge is 0.342 e. The maximum absolute atomic E-state index is 11.0. The zero-order chi connectivity index (χ0) is 13.1. The van der Waals surface area contributed by atoms with E-state index in [2.05, 4.69) is 12.6 Å². The Labute approximate surface area is 111 Å². The van der Waals surface area contributed by atoms with Crippen LogP contribution in [0.4, 0.5) is 0 Å². The van der Waals surface area contributed by atoms with Crippen molar-refractivity contribution in [3.8, 4) is 0 Å². The number of carboxylic acids is 1. The first-order valence-corrected chi connectivity index (χ1v) is 6.22. The van der Waals surface area contributed by atoms with E-state index in [1.165, 1.54) is 0 Å². The summed E-state index contributed by atoms with van der Waals surface area (Å²) in [4.78, 5) is 11.1. The van der Waals surface area contributed by atoms with Gasteiger partial charge >= 0.3 is 5.97 Å². The molecule has 1 N–H and O–H groups in total. The second-order valence-corrected chi connectivity index (χ2v) is 4.50. The van der Waals surface area contributed by atoms with Crippen molar-refractivity contribution in [1.82, 2.24) is 0 Å². The van der Waals surface area contributed by atoms with E-state index in [1.54, 1.807) is 0 Å². The SMILES string of the molecule is CCC(=C(S)C(=O)O)c1ccc2ccccc2c1. The second-order valence-electron chi connectivity index (χ2n) is 4.05. The molecule has 0 aliphatic rings. The summed E-state index contributed by atoms with van der Waals surface area (Å²) in [5, 5.41) is 11.3. The third kappa shape index (κ3) is 2.41. The molecule has 0 saturated heterocycles. The van der Waals surface area contributed by atoms with Gasteiger partial charge in [-0.15, -0.1) is 12.6 Å². The van der Waals surface area contributed by atoms with Gasteiger partial charge in [-0.05, 0) is 34.4 Å². The summed E-state index contributed by atoms with van der Waals surface area (Å²) in [5.41, 5.74) is 1.68. The number of carboxylic acid groups (broad SMARTS) is 1. The largest absolute Gasteiger partial charge is 0.477 e. The van der Waals surface area contributed by atoms with Gasteiger partial charge in [0.1, 0.15) is 0 Å². The van der Waals surface area contributed by atoms with Gasteiger partial charge in [0, 0.05) is 0 Å². The lowest BCUT2D eigenvalue weighted by Crippen LogP contribution is -1.98. The fourth-order valence-corrected chi connectivity index (χ4v) is 2.30. The van der Waals surface area contributed by atoms with Gasteiger partial charge in [-0.3, -0.25) is 0 Å². The summed E-state index contributed by atoms with van der Waals surface area (Å²) >= 11 is 4.09.